The molecule has 0 aromatic heterocycles. The topological polar surface area (TPSA) is 96.1 Å². The quantitative estimate of drug-likeness (QED) is 0.594. The number of nitrogen functional groups attached to an aromatic ring is 1. The van der Waals surface area contributed by atoms with Crippen LogP contribution in [-0.4, -0.2) is 11.2 Å². The number of hydrogen-bond acceptors (Lipinski definition) is 4. The molecule has 0 saturated carbocycles. The number of aliphatic hydroxyl groups is 1. The highest BCUT2D eigenvalue weighted by Gasteiger charge is 2.15. The molecule has 2 atom stereocenters. The zero-order chi connectivity index (χ0) is 10.7. The molecule has 1 aromatic carbocycles. The summed E-state index contributed by atoms with van der Waals surface area (Å²) in [6.45, 7) is 1.59. The molecule has 0 heterocycles. The van der Waals surface area contributed by atoms with E-state index in [-0.39, 0.29) is 0 Å². The van der Waals surface area contributed by atoms with Gasteiger partial charge in [-0.3, -0.25) is 0 Å². The summed E-state index contributed by atoms with van der Waals surface area (Å²) in [6.07, 6.45) is -0.689. The van der Waals surface area contributed by atoms with Crippen LogP contribution in [0.25, 0.3) is 0 Å². The Hall–Kier alpha value is -1.57. The van der Waals surface area contributed by atoms with Gasteiger partial charge in [-0.1, -0.05) is 6.07 Å². The molecule has 0 saturated heterocycles. The highest BCUT2D eigenvalue weighted by molar-refractivity contribution is 5.50. The lowest BCUT2D eigenvalue weighted by Gasteiger charge is -2.16. The third-order valence-corrected chi connectivity index (χ3v) is 2.08. The van der Waals surface area contributed by atoms with Crippen molar-refractivity contribution in [2.75, 3.05) is 5.73 Å². The van der Waals surface area contributed by atoms with E-state index in [0.29, 0.717) is 16.8 Å². The van der Waals surface area contributed by atoms with Gasteiger partial charge in [0.1, 0.15) is 0 Å². The number of aliphatic hydroxyl groups excluding tert-OH is 1. The average molecular weight is 191 g/mol. The third kappa shape index (κ3) is 2.02. The largest absolute Gasteiger partial charge is 0.399 e. The fourth-order valence-corrected chi connectivity index (χ4v) is 1.22. The Bertz CT molecular complexity index is 368. The van der Waals surface area contributed by atoms with Crippen LogP contribution in [0, 0.1) is 11.3 Å². The molecule has 1 aromatic rings. The molecule has 5 N–H and O–H groups in total. The number of anilines is 1. The Balaban J connectivity index is 3.16. The first kappa shape index (κ1) is 10.5. The molecule has 0 aliphatic rings. The van der Waals surface area contributed by atoms with Gasteiger partial charge in [-0.25, -0.2) is 0 Å². The molecule has 0 aliphatic carbocycles. The lowest BCUT2D eigenvalue weighted by atomic mass is 9.98. The molecule has 0 aliphatic heterocycles. The van der Waals surface area contributed by atoms with Gasteiger partial charge in [0.2, 0.25) is 0 Å². The molecular weight excluding hydrogens is 178 g/mol. The van der Waals surface area contributed by atoms with E-state index in [0.717, 1.165) is 0 Å². The van der Waals surface area contributed by atoms with Crippen LogP contribution < -0.4 is 11.5 Å². The number of nitriles is 1. The maximum absolute atomic E-state index is 9.30. The Labute approximate surface area is 82.8 Å². The lowest BCUT2D eigenvalue weighted by molar-refractivity contribution is 0.164. The normalized spacial score (nSPS) is 14.4. The number of hydrogen-bond donors (Lipinski definition) is 3. The van der Waals surface area contributed by atoms with Gasteiger partial charge in [-0.2, -0.15) is 5.26 Å². The van der Waals surface area contributed by atoms with Gasteiger partial charge in [0.15, 0.2) is 0 Å². The van der Waals surface area contributed by atoms with Crippen molar-refractivity contribution in [3.63, 3.8) is 0 Å². The molecule has 14 heavy (non-hydrogen) atoms. The molecule has 0 amide bonds. The van der Waals surface area contributed by atoms with Gasteiger partial charge in [-0.15, -0.1) is 0 Å². The van der Waals surface area contributed by atoms with E-state index in [1.165, 1.54) is 0 Å². The summed E-state index contributed by atoms with van der Waals surface area (Å²) in [5, 5.41) is 18.1. The first-order valence-electron chi connectivity index (χ1n) is 4.29. The Morgan fingerprint density at radius 3 is 2.64 bits per heavy atom. The maximum Gasteiger partial charge on any atom is 0.0995 e. The van der Waals surface area contributed by atoms with Gasteiger partial charge >= 0.3 is 0 Å². The second-order valence-electron chi connectivity index (χ2n) is 3.22. The lowest BCUT2D eigenvalue weighted by Crippen LogP contribution is -2.24. The minimum Gasteiger partial charge on any atom is -0.399 e. The molecule has 2 unspecified atom stereocenters. The van der Waals surface area contributed by atoms with E-state index in [1.54, 1.807) is 25.1 Å². The summed E-state index contributed by atoms with van der Waals surface area (Å²) in [5.74, 6) is 0. The van der Waals surface area contributed by atoms with Crippen LogP contribution in [-0.2, 0) is 0 Å². The van der Waals surface area contributed by atoms with Crippen molar-refractivity contribution in [1.29, 1.82) is 5.26 Å². The van der Waals surface area contributed by atoms with Crippen molar-refractivity contribution in [3.8, 4) is 6.07 Å². The summed E-state index contributed by atoms with van der Waals surface area (Å²) in [4.78, 5) is 0. The minimum absolute atomic E-state index is 0.415. The third-order valence-electron chi connectivity index (χ3n) is 2.08. The van der Waals surface area contributed by atoms with Crippen LogP contribution in [0.4, 0.5) is 5.69 Å². The Morgan fingerprint density at radius 1 is 1.50 bits per heavy atom. The van der Waals surface area contributed by atoms with E-state index in [9.17, 15) is 5.11 Å². The number of benzene rings is 1. The zero-order valence-corrected chi connectivity index (χ0v) is 7.94. The number of nitrogens with zero attached hydrogens (tertiary/aromatic N) is 1. The monoisotopic (exact) mass is 191 g/mol. The molecule has 0 radical (unpaired) electrons. The van der Waals surface area contributed by atoms with Crippen LogP contribution in [0.2, 0.25) is 0 Å². The number of nitrogens with two attached hydrogens (primary N) is 2. The molecule has 4 heteroatoms. The van der Waals surface area contributed by atoms with Crippen molar-refractivity contribution in [3.05, 3.63) is 29.3 Å². The second kappa shape index (κ2) is 4.09. The number of rotatable bonds is 2. The molecule has 0 bridgehead atoms. The van der Waals surface area contributed by atoms with Crippen molar-refractivity contribution in [2.24, 2.45) is 5.73 Å². The van der Waals surface area contributed by atoms with Gasteiger partial charge in [0, 0.05) is 5.69 Å². The van der Waals surface area contributed by atoms with Crippen molar-refractivity contribution < 1.29 is 5.11 Å². The molecule has 4 nitrogen and oxygen atoms in total. The predicted octanol–water partition coefficient (Wildman–Crippen LogP) is 0.521. The first-order chi connectivity index (χ1) is 6.56. The highest BCUT2D eigenvalue weighted by atomic mass is 16.3. The maximum atomic E-state index is 9.30. The zero-order valence-electron chi connectivity index (χ0n) is 7.94. The molecule has 0 spiro atoms. The smallest absolute Gasteiger partial charge is 0.0995 e. The van der Waals surface area contributed by atoms with Crippen LogP contribution >= 0.6 is 0 Å². The van der Waals surface area contributed by atoms with Gasteiger partial charge in [0.05, 0.1) is 23.8 Å². The van der Waals surface area contributed by atoms with Crippen LogP contribution in [0.3, 0.4) is 0 Å². The minimum atomic E-state index is -0.689. The fraction of sp³-hybridized carbons (Fsp3) is 0.300. The Kier molecular flexibility index (Phi) is 3.07. The molecular formula is C10H13N3O. The van der Waals surface area contributed by atoms with Crippen molar-refractivity contribution in [2.45, 2.75) is 19.1 Å². The van der Waals surface area contributed by atoms with E-state index >= 15 is 0 Å². The fourth-order valence-electron chi connectivity index (χ4n) is 1.22. The summed E-state index contributed by atoms with van der Waals surface area (Å²) < 4.78 is 0. The van der Waals surface area contributed by atoms with Crippen LogP contribution in [0.1, 0.15) is 24.1 Å². The van der Waals surface area contributed by atoms with Crippen LogP contribution in [0.15, 0.2) is 18.2 Å². The molecule has 1 rings (SSSR count). The summed E-state index contributed by atoms with van der Waals surface area (Å²) >= 11 is 0. The standard InChI is InChI=1S/C10H13N3O/c1-6(14)10(13)9-3-2-8(12)4-7(9)5-11/h2-4,6,10,14H,12-13H2,1H3. The van der Waals surface area contributed by atoms with E-state index in [2.05, 4.69) is 0 Å². The highest BCUT2D eigenvalue weighted by Crippen LogP contribution is 2.20. The van der Waals surface area contributed by atoms with Crippen molar-refractivity contribution in [1.82, 2.24) is 0 Å². The van der Waals surface area contributed by atoms with E-state index < -0.39 is 12.1 Å². The van der Waals surface area contributed by atoms with Gasteiger partial charge in [-0.05, 0) is 24.6 Å². The SMILES string of the molecule is CC(O)C(N)c1ccc(N)cc1C#N. The second-order valence-corrected chi connectivity index (χ2v) is 3.22. The van der Waals surface area contributed by atoms with E-state index in [4.69, 9.17) is 16.7 Å². The first-order valence-corrected chi connectivity index (χ1v) is 4.29. The summed E-state index contributed by atoms with van der Waals surface area (Å²) in [6, 6.07) is 6.34. The van der Waals surface area contributed by atoms with Crippen molar-refractivity contribution >= 4 is 5.69 Å². The Morgan fingerprint density at radius 2 is 2.14 bits per heavy atom. The van der Waals surface area contributed by atoms with E-state index in [1.807, 2.05) is 6.07 Å². The molecule has 74 valence electrons. The summed E-state index contributed by atoms with van der Waals surface area (Å²) in [5.41, 5.74) is 12.8. The average Bonchev–Trinajstić information content (AvgIpc) is 2.16. The van der Waals surface area contributed by atoms with Gasteiger partial charge < -0.3 is 16.6 Å². The van der Waals surface area contributed by atoms with Crippen LogP contribution in [0.5, 0.6) is 0 Å². The molecule has 0 fully saturated rings. The predicted molar refractivity (Wildman–Crippen MR) is 54.2 cm³/mol. The summed E-state index contributed by atoms with van der Waals surface area (Å²) in [7, 11) is 0. The van der Waals surface area contributed by atoms with Gasteiger partial charge in [0.25, 0.3) is 0 Å².